The van der Waals surface area contributed by atoms with Crippen LogP contribution in [0.2, 0.25) is 0 Å². The molecule has 4 nitrogen and oxygen atoms in total. The third kappa shape index (κ3) is 4.85. The predicted octanol–water partition coefficient (Wildman–Crippen LogP) is 4.17. The standard InChI is InChI=1S/C18H21F3N2O2/c1-22(2)9-4-10-23(3)16-7-5-13(18(19,20)21)11-15(16)17-8-6-14(12-24)25-17/h5-8,11-12H,4,9-10H2,1-3H3. The molecule has 0 aliphatic heterocycles. The second-order valence-electron chi connectivity index (χ2n) is 6.13. The molecule has 0 N–H and O–H groups in total. The van der Waals surface area contributed by atoms with Gasteiger partial charge in [-0.1, -0.05) is 0 Å². The number of benzene rings is 1. The highest BCUT2D eigenvalue weighted by Gasteiger charge is 2.31. The molecule has 25 heavy (non-hydrogen) atoms. The van der Waals surface area contributed by atoms with Gasteiger partial charge >= 0.3 is 6.18 Å². The molecule has 0 atom stereocenters. The Balaban J connectivity index is 2.39. The molecule has 0 radical (unpaired) electrons. The van der Waals surface area contributed by atoms with E-state index in [9.17, 15) is 18.0 Å². The zero-order chi connectivity index (χ0) is 18.6. The minimum Gasteiger partial charge on any atom is -0.453 e. The van der Waals surface area contributed by atoms with Gasteiger partial charge in [0.15, 0.2) is 12.0 Å². The van der Waals surface area contributed by atoms with Gasteiger partial charge in [0, 0.05) is 24.8 Å². The molecule has 0 spiro atoms. The Kier molecular flexibility index (Phi) is 5.89. The second-order valence-corrected chi connectivity index (χ2v) is 6.13. The first kappa shape index (κ1) is 19.1. The largest absolute Gasteiger partial charge is 0.453 e. The number of nitrogens with zero attached hydrogens (tertiary/aromatic N) is 2. The first-order chi connectivity index (χ1) is 11.7. The number of anilines is 1. The molecule has 0 bridgehead atoms. The van der Waals surface area contributed by atoms with Crippen LogP contribution >= 0.6 is 0 Å². The van der Waals surface area contributed by atoms with Gasteiger partial charge in [0.05, 0.1) is 5.56 Å². The van der Waals surface area contributed by atoms with E-state index in [1.54, 1.807) is 0 Å². The first-order valence-electron chi connectivity index (χ1n) is 7.85. The van der Waals surface area contributed by atoms with E-state index in [1.165, 1.54) is 18.2 Å². The van der Waals surface area contributed by atoms with Crippen molar-refractivity contribution in [2.24, 2.45) is 0 Å². The van der Waals surface area contributed by atoms with Crippen LogP contribution in [0.1, 0.15) is 22.5 Å². The number of alkyl halides is 3. The summed E-state index contributed by atoms with van der Waals surface area (Å²) in [5.74, 6) is 0.316. The summed E-state index contributed by atoms with van der Waals surface area (Å²) in [6, 6.07) is 6.52. The average molecular weight is 354 g/mol. The van der Waals surface area contributed by atoms with Crippen molar-refractivity contribution in [2.75, 3.05) is 39.1 Å². The molecule has 0 fully saturated rings. The van der Waals surface area contributed by atoms with E-state index in [1.807, 2.05) is 30.9 Å². The lowest BCUT2D eigenvalue weighted by Crippen LogP contribution is -2.24. The smallest absolute Gasteiger partial charge is 0.416 e. The second kappa shape index (κ2) is 7.74. The number of carbonyl (C=O) groups excluding carboxylic acids is 1. The van der Waals surface area contributed by atoms with E-state index in [0.717, 1.165) is 25.1 Å². The van der Waals surface area contributed by atoms with Crippen LogP contribution in [0.5, 0.6) is 0 Å². The zero-order valence-electron chi connectivity index (χ0n) is 14.4. The molecule has 2 aromatic rings. The fourth-order valence-corrected chi connectivity index (χ4v) is 2.55. The molecule has 0 aliphatic carbocycles. The van der Waals surface area contributed by atoms with Crippen LogP contribution in [0.4, 0.5) is 18.9 Å². The third-order valence-electron chi connectivity index (χ3n) is 3.84. The molecule has 7 heteroatoms. The summed E-state index contributed by atoms with van der Waals surface area (Å²) in [4.78, 5) is 14.7. The van der Waals surface area contributed by atoms with Crippen LogP contribution < -0.4 is 4.90 Å². The highest BCUT2D eigenvalue weighted by Crippen LogP contribution is 2.37. The van der Waals surface area contributed by atoms with Crippen molar-refractivity contribution in [3.8, 4) is 11.3 Å². The minimum absolute atomic E-state index is 0.0774. The highest BCUT2D eigenvalue weighted by molar-refractivity contribution is 5.79. The van der Waals surface area contributed by atoms with Crippen LogP contribution in [0.25, 0.3) is 11.3 Å². The van der Waals surface area contributed by atoms with Gasteiger partial charge in [0.2, 0.25) is 0 Å². The van der Waals surface area contributed by atoms with Gasteiger partial charge in [-0.25, -0.2) is 0 Å². The molecule has 1 aromatic heterocycles. The number of hydrogen-bond donors (Lipinski definition) is 0. The van der Waals surface area contributed by atoms with Crippen LogP contribution in [-0.4, -0.2) is 45.4 Å². The van der Waals surface area contributed by atoms with E-state index >= 15 is 0 Å². The maximum absolute atomic E-state index is 13.1. The summed E-state index contributed by atoms with van der Waals surface area (Å²) in [5, 5.41) is 0. The van der Waals surface area contributed by atoms with Crippen molar-refractivity contribution < 1.29 is 22.4 Å². The Bertz CT molecular complexity index is 723. The third-order valence-corrected chi connectivity index (χ3v) is 3.84. The van der Waals surface area contributed by atoms with Crippen LogP contribution in [0, 0.1) is 0 Å². The summed E-state index contributed by atoms with van der Waals surface area (Å²) in [6.07, 6.45) is -3.06. The molecule has 0 amide bonds. The average Bonchev–Trinajstić information content (AvgIpc) is 3.02. The fourth-order valence-electron chi connectivity index (χ4n) is 2.55. The van der Waals surface area contributed by atoms with Crippen molar-refractivity contribution in [3.05, 3.63) is 41.7 Å². The van der Waals surface area contributed by atoms with E-state index in [-0.39, 0.29) is 11.5 Å². The van der Waals surface area contributed by atoms with Gasteiger partial charge in [-0.05, 0) is 57.4 Å². The van der Waals surface area contributed by atoms with Crippen molar-refractivity contribution in [1.29, 1.82) is 0 Å². The fraction of sp³-hybridized carbons (Fsp3) is 0.389. The maximum Gasteiger partial charge on any atom is 0.416 e. The maximum atomic E-state index is 13.1. The predicted molar refractivity (Wildman–Crippen MR) is 91.0 cm³/mol. The lowest BCUT2D eigenvalue weighted by Gasteiger charge is -2.23. The van der Waals surface area contributed by atoms with Gasteiger partial charge in [-0.3, -0.25) is 4.79 Å². The molecule has 136 valence electrons. The SMILES string of the molecule is CN(C)CCCN(C)c1ccc(C(F)(F)F)cc1-c1ccc(C=O)o1. The van der Waals surface area contributed by atoms with Gasteiger partial charge in [-0.2, -0.15) is 13.2 Å². The Morgan fingerprint density at radius 3 is 2.36 bits per heavy atom. The Morgan fingerprint density at radius 2 is 1.80 bits per heavy atom. The number of aldehydes is 1. The van der Waals surface area contributed by atoms with Crippen molar-refractivity contribution >= 4 is 12.0 Å². The Hall–Kier alpha value is -2.28. The van der Waals surface area contributed by atoms with E-state index in [0.29, 0.717) is 24.1 Å². The van der Waals surface area contributed by atoms with Crippen LogP contribution in [0.15, 0.2) is 34.7 Å². The highest BCUT2D eigenvalue weighted by atomic mass is 19.4. The van der Waals surface area contributed by atoms with E-state index in [4.69, 9.17) is 4.42 Å². The quantitative estimate of drug-likeness (QED) is 0.700. The lowest BCUT2D eigenvalue weighted by molar-refractivity contribution is -0.137. The number of hydrogen-bond acceptors (Lipinski definition) is 4. The topological polar surface area (TPSA) is 36.7 Å². The van der Waals surface area contributed by atoms with Crippen molar-refractivity contribution in [3.63, 3.8) is 0 Å². The van der Waals surface area contributed by atoms with Crippen LogP contribution in [-0.2, 0) is 6.18 Å². The van der Waals surface area contributed by atoms with Gasteiger partial charge in [0.1, 0.15) is 5.76 Å². The minimum atomic E-state index is -4.45. The summed E-state index contributed by atoms with van der Waals surface area (Å²) >= 11 is 0. The summed E-state index contributed by atoms with van der Waals surface area (Å²) in [6.45, 7) is 1.55. The van der Waals surface area contributed by atoms with E-state index in [2.05, 4.69) is 0 Å². The normalized spacial score (nSPS) is 11.8. The Labute approximate surface area is 144 Å². The van der Waals surface area contributed by atoms with Gasteiger partial charge in [-0.15, -0.1) is 0 Å². The molecular formula is C18H21F3N2O2. The van der Waals surface area contributed by atoms with Crippen molar-refractivity contribution in [1.82, 2.24) is 4.90 Å². The first-order valence-corrected chi connectivity index (χ1v) is 7.85. The molecule has 1 heterocycles. The molecule has 0 saturated carbocycles. The number of furan rings is 1. The number of carbonyl (C=O) groups is 1. The summed E-state index contributed by atoms with van der Waals surface area (Å²) in [5.41, 5.74) is 0.186. The number of halogens is 3. The zero-order valence-corrected chi connectivity index (χ0v) is 14.4. The monoisotopic (exact) mass is 354 g/mol. The summed E-state index contributed by atoms with van der Waals surface area (Å²) < 4.78 is 44.6. The molecule has 2 rings (SSSR count). The number of rotatable bonds is 7. The van der Waals surface area contributed by atoms with E-state index < -0.39 is 11.7 Å². The van der Waals surface area contributed by atoms with Crippen LogP contribution in [0.3, 0.4) is 0 Å². The molecule has 0 unspecified atom stereocenters. The molecule has 0 saturated heterocycles. The van der Waals surface area contributed by atoms with Crippen molar-refractivity contribution in [2.45, 2.75) is 12.6 Å². The van der Waals surface area contributed by atoms with Gasteiger partial charge < -0.3 is 14.2 Å². The lowest BCUT2D eigenvalue weighted by atomic mass is 10.0. The summed E-state index contributed by atoms with van der Waals surface area (Å²) in [7, 11) is 5.76. The molecular weight excluding hydrogens is 333 g/mol. The van der Waals surface area contributed by atoms with Gasteiger partial charge in [0.25, 0.3) is 0 Å². The molecule has 0 aliphatic rings. The Morgan fingerprint density at radius 1 is 1.08 bits per heavy atom. The molecule has 1 aromatic carbocycles.